The Bertz CT molecular complexity index is 690. The highest BCUT2D eigenvalue weighted by molar-refractivity contribution is 7.11. The van der Waals surface area contributed by atoms with Gasteiger partial charge in [-0.3, -0.25) is 4.99 Å². The minimum Gasteiger partial charge on any atom is -0.370 e. The van der Waals surface area contributed by atoms with Gasteiger partial charge in [-0.25, -0.2) is 4.98 Å². The summed E-state index contributed by atoms with van der Waals surface area (Å²) >= 11 is 1.77. The molecule has 0 saturated carbocycles. The molecule has 3 rings (SSSR count). The summed E-state index contributed by atoms with van der Waals surface area (Å²) in [5, 5.41) is 4.42. The molecular formula is C18H24N4S. The normalized spacial score (nSPS) is 14.6. The van der Waals surface area contributed by atoms with Gasteiger partial charge in [0.25, 0.3) is 0 Å². The van der Waals surface area contributed by atoms with Crippen LogP contribution in [0.15, 0.2) is 29.4 Å². The van der Waals surface area contributed by atoms with E-state index >= 15 is 0 Å². The van der Waals surface area contributed by atoms with E-state index in [4.69, 9.17) is 5.73 Å². The smallest absolute Gasteiger partial charge is 0.193 e. The molecule has 0 aliphatic heterocycles. The average Bonchev–Trinajstić information content (AvgIpc) is 3.03. The predicted molar refractivity (Wildman–Crippen MR) is 98.4 cm³/mol. The number of aromatic nitrogens is 1. The van der Waals surface area contributed by atoms with Crippen LogP contribution in [0.4, 0.5) is 5.69 Å². The number of aliphatic imine (C=N–C) groups is 1. The van der Waals surface area contributed by atoms with Crippen molar-refractivity contribution in [3.8, 4) is 0 Å². The number of rotatable bonds is 5. The van der Waals surface area contributed by atoms with Crippen molar-refractivity contribution in [3.63, 3.8) is 0 Å². The minimum atomic E-state index is 0.497. The Labute approximate surface area is 141 Å². The maximum atomic E-state index is 6.06. The summed E-state index contributed by atoms with van der Waals surface area (Å²) in [5.74, 6) is 0.497. The number of anilines is 1. The zero-order valence-corrected chi connectivity index (χ0v) is 14.5. The van der Waals surface area contributed by atoms with E-state index in [9.17, 15) is 0 Å². The van der Waals surface area contributed by atoms with Gasteiger partial charge < -0.3 is 11.1 Å². The van der Waals surface area contributed by atoms with Crippen LogP contribution in [0.3, 0.4) is 0 Å². The number of nitrogens with zero attached hydrogens (tertiary/aromatic N) is 2. The van der Waals surface area contributed by atoms with E-state index in [0.717, 1.165) is 30.0 Å². The van der Waals surface area contributed by atoms with E-state index in [1.807, 2.05) is 6.20 Å². The molecule has 3 N–H and O–H groups in total. The number of nitrogens with two attached hydrogens (primary N) is 1. The van der Waals surface area contributed by atoms with Crippen molar-refractivity contribution in [1.29, 1.82) is 0 Å². The van der Waals surface area contributed by atoms with Crippen molar-refractivity contribution in [2.45, 2.75) is 45.4 Å². The van der Waals surface area contributed by atoms with Crippen molar-refractivity contribution < 1.29 is 0 Å². The van der Waals surface area contributed by atoms with Crippen LogP contribution in [0, 0.1) is 0 Å². The van der Waals surface area contributed by atoms with Crippen LogP contribution in [-0.2, 0) is 25.7 Å². The van der Waals surface area contributed by atoms with Gasteiger partial charge in [0.1, 0.15) is 0 Å². The van der Waals surface area contributed by atoms with E-state index in [0.29, 0.717) is 12.5 Å². The first-order chi connectivity index (χ1) is 11.3. The molecule has 122 valence electrons. The Balaban J connectivity index is 1.59. The maximum Gasteiger partial charge on any atom is 0.193 e. The highest BCUT2D eigenvalue weighted by Gasteiger charge is 2.13. The van der Waals surface area contributed by atoms with Crippen molar-refractivity contribution in [1.82, 2.24) is 4.98 Å². The molecule has 1 aromatic heterocycles. The van der Waals surface area contributed by atoms with Gasteiger partial charge in [-0.05, 0) is 49.3 Å². The SMILES string of the molecule is CCc1cnc(CCN=C(N)Nc2cccc3c2CCCC3)s1. The van der Waals surface area contributed by atoms with Gasteiger partial charge in [-0.15, -0.1) is 11.3 Å². The fraction of sp³-hybridized carbons (Fsp3) is 0.444. The first-order valence-corrected chi connectivity index (χ1v) is 9.19. The number of thiazole rings is 1. The summed E-state index contributed by atoms with van der Waals surface area (Å²) in [6.45, 7) is 2.82. The van der Waals surface area contributed by atoms with Crippen molar-refractivity contribution >= 4 is 23.0 Å². The molecule has 1 heterocycles. The topological polar surface area (TPSA) is 63.3 Å². The highest BCUT2D eigenvalue weighted by atomic mass is 32.1. The van der Waals surface area contributed by atoms with Crippen LogP contribution < -0.4 is 11.1 Å². The Hall–Kier alpha value is -1.88. The molecule has 0 radical (unpaired) electrons. The molecule has 0 fully saturated rings. The van der Waals surface area contributed by atoms with E-state index in [2.05, 4.69) is 40.4 Å². The number of aryl methyl sites for hydroxylation is 2. The summed E-state index contributed by atoms with van der Waals surface area (Å²) in [6.07, 6.45) is 8.70. The lowest BCUT2D eigenvalue weighted by molar-refractivity contribution is 0.687. The largest absolute Gasteiger partial charge is 0.370 e. The number of guanidine groups is 1. The summed E-state index contributed by atoms with van der Waals surface area (Å²) < 4.78 is 0. The molecule has 0 spiro atoms. The van der Waals surface area contributed by atoms with E-state index in [-0.39, 0.29) is 0 Å². The predicted octanol–water partition coefficient (Wildman–Crippen LogP) is 3.55. The van der Waals surface area contributed by atoms with Gasteiger partial charge in [-0.1, -0.05) is 19.1 Å². The van der Waals surface area contributed by atoms with Crippen LogP contribution in [0.5, 0.6) is 0 Å². The van der Waals surface area contributed by atoms with Gasteiger partial charge in [-0.2, -0.15) is 0 Å². The Morgan fingerprint density at radius 3 is 3.04 bits per heavy atom. The third kappa shape index (κ3) is 4.10. The number of hydrogen-bond donors (Lipinski definition) is 2. The molecule has 4 nitrogen and oxygen atoms in total. The fourth-order valence-corrected chi connectivity index (χ4v) is 3.83. The number of benzene rings is 1. The highest BCUT2D eigenvalue weighted by Crippen LogP contribution is 2.27. The fourth-order valence-electron chi connectivity index (χ4n) is 2.97. The molecule has 0 bridgehead atoms. The van der Waals surface area contributed by atoms with Crippen molar-refractivity contribution in [2.24, 2.45) is 10.7 Å². The second kappa shape index (κ2) is 7.59. The molecule has 0 unspecified atom stereocenters. The van der Waals surface area contributed by atoms with Crippen LogP contribution >= 0.6 is 11.3 Å². The molecule has 5 heteroatoms. The monoisotopic (exact) mass is 328 g/mol. The van der Waals surface area contributed by atoms with E-state index < -0.39 is 0 Å². The van der Waals surface area contributed by atoms with Crippen molar-refractivity contribution in [2.75, 3.05) is 11.9 Å². The zero-order valence-electron chi connectivity index (χ0n) is 13.6. The molecular weight excluding hydrogens is 304 g/mol. The molecule has 2 aromatic rings. The number of fused-ring (bicyclic) bond motifs is 1. The summed E-state index contributed by atoms with van der Waals surface area (Å²) in [7, 11) is 0. The molecule has 0 amide bonds. The van der Waals surface area contributed by atoms with Gasteiger partial charge in [0.05, 0.1) is 5.01 Å². The van der Waals surface area contributed by atoms with Crippen molar-refractivity contribution in [3.05, 3.63) is 45.4 Å². The first-order valence-electron chi connectivity index (χ1n) is 8.37. The molecule has 1 aliphatic rings. The quantitative estimate of drug-likeness (QED) is 0.651. The van der Waals surface area contributed by atoms with Gasteiger partial charge >= 0.3 is 0 Å². The summed E-state index contributed by atoms with van der Waals surface area (Å²) in [6, 6.07) is 6.42. The van der Waals surface area contributed by atoms with Gasteiger partial charge in [0.2, 0.25) is 0 Å². The number of hydrogen-bond acceptors (Lipinski definition) is 3. The third-order valence-corrected chi connectivity index (χ3v) is 5.42. The second-order valence-corrected chi connectivity index (χ2v) is 7.07. The second-order valence-electron chi connectivity index (χ2n) is 5.87. The first kappa shape index (κ1) is 16.0. The van der Waals surface area contributed by atoms with E-state index in [1.54, 1.807) is 11.3 Å². The van der Waals surface area contributed by atoms with Crippen LogP contribution in [0.25, 0.3) is 0 Å². The lowest BCUT2D eigenvalue weighted by Gasteiger charge is -2.19. The van der Waals surface area contributed by atoms with Crippen LogP contribution in [0.2, 0.25) is 0 Å². The lowest BCUT2D eigenvalue weighted by Crippen LogP contribution is -2.24. The van der Waals surface area contributed by atoms with Crippen LogP contribution in [0.1, 0.15) is 40.8 Å². The Kier molecular flexibility index (Phi) is 5.28. The van der Waals surface area contributed by atoms with Gasteiger partial charge in [0.15, 0.2) is 5.96 Å². The Morgan fingerprint density at radius 2 is 2.22 bits per heavy atom. The minimum absolute atomic E-state index is 0.497. The van der Waals surface area contributed by atoms with Gasteiger partial charge in [0, 0.05) is 29.7 Å². The third-order valence-electron chi connectivity index (χ3n) is 4.22. The lowest BCUT2D eigenvalue weighted by atomic mass is 9.90. The maximum absolute atomic E-state index is 6.06. The summed E-state index contributed by atoms with van der Waals surface area (Å²) in [4.78, 5) is 10.2. The Morgan fingerprint density at radius 1 is 1.35 bits per heavy atom. The molecule has 23 heavy (non-hydrogen) atoms. The van der Waals surface area contributed by atoms with Crippen LogP contribution in [-0.4, -0.2) is 17.5 Å². The zero-order chi connectivity index (χ0) is 16.1. The average molecular weight is 328 g/mol. The van der Waals surface area contributed by atoms with E-state index in [1.165, 1.54) is 35.3 Å². The molecule has 1 aliphatic carbocycles. The summed E-state index contributed by atoms with van der Waals surface area (Å²) in [5.41, 5.74) is 10.0. The molecule has 0 saturated heterocycles. The molecule has 0 atom stereocenters. The molecule has 1 aromatic carbocycles. The number of nitrogens with one attached hydrogen (secondary N) is 1. The standard InChI is InChI=1S/C18H24N4S/c1-2-14-12-21-17(23-14)10-11-20-18(19)22-16-9-5-7-13-6-3-4-8-15(13)16/h5,7,9,12H,2-4,6,8,10-11H2,1H3,(H3,19,20,22).